The van der Waals surface area contributed by atoms with Gasteiger partial charge in [0.2, 0.25) is 15.9 Å². The fourth-order valence-electron chi connectivity index (χ4n) is 5.44. The maximum absolute atomic E-state index is 12.7. The molecule has 30 heavy (non-hydrogen) atoms. The van der Waals surface area contributed by atoms with Crippen molar-refractivity contribution in [3.63, 3.8) is 0 Å². The normalized spacial score (nSPS) is 27.5. The van der Waals surface area contributed by atoms with E-state index in [1.807, 2.05) is 23.1 Å². The fourth-order valence-corrected chi connectivity index (χ4v) is 6.90. The third-order valence-electron chi connectivity index (χ3n) is 6.81. The Balaban J connectivity index is 1.75. The molecule has 2 atom stereocenters. The standard InChI is InChI=1S/C22H33N3O4S/c1-17(26)24-12-9-20-7-8-21(25(20)30(2,27)28)16-23(19-10-13-29-14-11-19)15-18-5-3-4-6-22(18)24/h3-6,19-21H,7-16H2,1-2H3/t20-,21+/m1/s1. The summed E-state index contributed by atoms with van der Waals surface area (Å²) < 4.78 is 32.8. The van der Waals surface area contributed by atoms with Crippen LogP contribution in [0.4, 0.5) is 5.69 Å². The number of nitrogens with zero attached hydrogens (tertiary/aromatic N) is 3. The number of ether oxygens (including phenoxy) is 1. The molecule has 0 radical (unpaired) electrons. The zero-order chi connectivity index (χ0) is 21.3. The number of amides is 1. The average Bonchev–Trinajstić information content (AvgIpc) is 3.10. The summed E-state index contributed by atoms with van der Waals surface area (Å²) in [7, 11) is -3.32. The van der Waals surface area contributed by atoms with Crippen molar-refractivity contribution >= 4 is 21.6 Å². The highest BCUT2D eigenvalue weighted by Crippen LogP contribution is 2.34. The molecular weight excluding hydrogens is 402 g/mol. The van der Waals surface area contributed by atoms with Gasteiger partial charge in [-0.3, -0.25) is 9.69 Å². The van der Waals surface area contributed by atoms with Gasteiger partial charge in [0.15, 0.2) is 0 Å². The van der Waals surface area contributed by atoms with Gasteiger partial charge in [0.25, 0.3) is 0 Å². The third kappa shape index (κ3) is 4.56. The monoisotopic (exact) mass is 435 g/mol. The van der Waals surface area contributed by atoms with Gasteiger partial charge in [-0.25, -0.2) is 8.42 Å². The first-order chi connectivity index (χ1) is 14.3. The molecule has 166 valence electrons. The Morgan fingerprint density at radius 1 is 1.00 bits per heavy atom. The molecule has 1 aromatic carbocycles. The minimum absolute atomic E-state index is 0.000217. The molecule has 4 rings (SSSR count). The number of rotatable bonds is 2. The molecule has 2 saturated heterocycles. The summed E-state index contributed by atoms with van der Waals surface area (Å²) in [6.45, 7) is 5.05. The van der Waals surface area contributed by atoms with E-state index >= 15 is 0 Å². The number of fused-ring (bicyclic) bond motifs is 3. The van der Waals surface area contributed by atoms with Crippen LogP contribution in [0.25, 0.3) is 0 Å². The minimum atomic E-state index is -3.32. The second-order valence-electron chi connectivity index (χ2n) is 8.84. The highest BCUT2D eigenvalue weighted by molar-refractivity contribution is 7.88. The summed E-state index contributed by atoms with van der Waals surface area (Å²) in [5.41, 5.74) is 2.08. The molecule has 0 spiro atoms. The molecule has 0 aromatic heterocycles. The number of hydrogen-bond donors (Lipinski definition) is 0. The Morgan fingerprint density at radius 2 is 1.70 bits per heavy atom. The lowest BCUT2D eigenvalue weighted by Crippen LogP contribution is -2.49. The molecule has 1 amide bonds. The highest BCUT2D eigenvalue weighted by atomic mass is 32.2. The van der Waals surface area contributed by atoms with Gasteiger partial charge in [0.1, 0.15) is 0 Å². The fraction of sp³-hybridized carbons (Fsp3) is 0.682. The van der Waals surface area contributed by atoms with Crippen LogP contribution in [0.2, 0.25) is 0 Å². The van der Waals surface area contributed by atoms with Gasteiger partial charge in [0.05, 0.1) is 6.26 Å². The van der Waals surface area contributed by atoms with Crippen LogP contribution in [0.3, 0.4) is 0 Å². The van der Waals surface area contributed by atoms with E-state index in [-0.39, 0.29) is 18.0 Å². The van der Waals surface area contributed by atoms with Crippen LogP contribution in [-0.4, -0.2) is 74.2 Å². The Kier molecular flexibility index (Phi) is 6.48. The average molecular weight is 436 g/mol. The van der Waals surface area contributed by atoms with Gasteiger partial charge in [-0.2, -0.15) is 4.31 Å². The predicted molar refractivity (Wildman–Crippen MR) is 117 cm³/mol. The molecule has 3 aliphatic rings. The number of carbonyl (C=O) groups is 1. The number of anilines is 1. The summed E-state index contributed by atoms with van der Waals surface area (Å²) in [6.07, 6.45) is 5.62. The number of hydrogen-bond acceptors (Lipinski definition) is 5. The second kappa shape index (κ2) is 8.94. The number of benzene rings is 1. The Morgan fingerprint density at radius 3 is 2.40 bits per heavy atom. The lowest BCUT2D eigenvalue weighted by molar-refractivity contribution is -0.116. The zero-order valence-electron chi connectivity index (χ0n) is 18.0. The van der Waals surface area contributed by atoms with Crippen LogP contribution in [0.15, 0.2) is 24.3 Å². The quantitative estimate of drug-likeness (QED) is 0.712. The van der Waals surface area contributed by atoms with Gasteiger partial charge in [-0.1, -0.05) is 18.2 Å². The van der Waals surface area contributed by atoms with Crippen molar-refractivity contribution in [1.82, 2.24) is 9.21 Å². The van der Waals surface area contributed by atoms with Gasteiger partial charge in [-0.05, 0) is 43.7 Å². The van der Waals surface area contributed by atoms with Crippen LogP contribution in [0.5, 0.6) is 0 Å². The van der Waals surface area contributed by atoms with Crippen LogP contribution in [0, 0.1) is 0 Å². The zero-order valence-corrected chi connectivity index (χ0v) is 18.8. The largest absolute Gasteiger partial charge is 0.381 e. The summed E-state index contributed by atoms with van der Waals surface area (Å²) >= 11 is 0. The van der Waals surface area contributed by atoms with Crippen molar-refractivity contribution in [3.8, 4) is 0 Å². The lowest BCUT2D eigenvalue weighted by Gasteiger charge is -2.38. The summed E-state index contributed by atoms with van der Waals surface area (Å²) in [5, 5.41) is 0. The smallest absolute Gasteiger partial charge is 0.223 e. The summed E-state index contributed by atoms with van der Waals surface area (Å²) in [6, 6.07) is 8.41. The Bertz CT molecular complexity index is 869. The van der Waals surface area contributed by atoms with Crippen LogP contribution >= 0.6 is 0 Å². The van der Waals surface area contributed by atoms with Crippen molar-refractivity contribution < 1.29 is 17.9 Å². The Hall–Kier alpha value is -1.48. The second-order valence-corrected chi connectivity index (χ2v) is 10.7. The third-order valence-corrected chi connectivity index (χ3v) is 8.17. The van der Waals surface area contributed by atoms with Crippen molar-refractivity contribution in [2.45, 2.75) is 63.7 Å². The van der Waals surface area contributed by atoms with E-state index in [1.54, 1.807) is 11.2 Å². The van der Waals surface area contributed by atoms with Crippen molar-refractivity contribution in [2.24, 2.45) is 0 Å². The molecule has 8 heteroatoms. The first kappa shape index (κ1) is 21.7. The van der Waals surface area contributed by atoms with E-state index in [9.17, 15) is 13.2 Å². The number of sulfonamides is 1. The maximum Gasteiger partial charge on any atom is 0.223 e. The topological polar surface area (TPSA) is 70.2 Å². The van der Waals surface area contributed by atoms with E-state index < -0.39 is 10.0 Å². The Labute approximate surface area is 180 Å². The van der Waals surface area contributed by atoms with Crippen LogP contribution in [-0.2, 0) is 26.1 Å². The SMILES string of the molecule is CC(=O)N1CC[C@H]2CC[C@@H](CN(C3CCOCC3)Cc3ccccc31)N2S(C)(=O)=O. The van der Waals surface area contributed by atoms with Gasteiger partial charge >= 0.3 is 0 Å². The molecule has 1 aromatic rings. The van der Waals surface area contributed by atoms with E-state index in [0.29, 0.717) is 25.6 Å². The molecule has 0 N–H and O–H groups in total. The molecule has 3 aliphatic heterocycles. The van der Waals surface area contributed by atoms with Crippen LogP contribution < -0.4 is 4.90 Å². The van der Waals surface area contributed by atoms with Crippen molar-refractivity contribution in [1.29, 1.82) is 0 Å². The van der Waals surface area contributed by atoms with Gasteiger partial charge in [0, 0.05) is 63.6 Å². The van der Waals surface area contributed by atoms with E-state index in [0.717, 1.165) is 56.7 Å². The maximum atomic E-state index is 12.7. The van der Waals surface area contributed by atoms with Crippen molar-refractivity contribution in [2.75, 3.05) is 37.5 Å². The predicted octanol–water partition coefficient (Wildman–Crippen LogP) is 2.22. The van der Waals surface area contributed by atoms with E-state index in [2.05, 4.69) is 11.0 Å². The van der Waals surface area contributed by atoms with Gasteiger partial charge in [-0.15, -0.1) is 0 Å². The van der Waals surface area contributed by atoms with E-state index in [4.69, 9.17) is 4.74 Å². The molecular formula is C22H33N3O4S. The molecule has 0 aliphatic carbocycles. The van der Waals surface area contributed by atoms with Crippen LogP contribution in [0.1, 0.15) is 44.6 Å². The first-order valence-electron chi connectivity index (χ1n) is 11.0. The summed E-state index contributed by atoms with van der Waals surface area (Å²) in [4.78, 5) is 16.8. The number of carbonyl (C=O) groups excluding carboxylic acids is 1. The highest BCUT2D eigenvalue weighted by Gasteiger charge is 2.41. The molecule has 3 heterocycles. The molecule has 0 saturated carbocycles. The van der Waals surface area contributed by atoms with E-state index in [1.165, 1.54) is 6.26 Å². The van der Waals surface area contributed by atoms with Crippen molar-refractivity contribution in [3.05, 3.63) is 29.8 Å². The van der Waals surface area contributed by atoms with Gasteiger partial charge < -0.3 is 9.64 Å². The first-order valence-corrected chi connectivity index (χ1v) is 12.9. The molecule has 7 nitrogen and oxygen atoms in total. The minimum Gasteiger partial charge on any atom is -0.381 e. The summed E-state index contributed by atoms with van der Waals surface area (Å²) in [5.74, 6) is -0.000217. The molecule has 2 fully saturated rings. The molecule has 2 bridgehead atoms. The molecule has 0 unspecified atom stereocenters. The number of para-hydroxylation sites is 1. The lowest BCUT2D eigenvalue weighted by atomic mass is 10.0.